The van der Waals surface area contributed by atoms with Crippen molar-refractivity contribution in [2.45, 2.75) is 12.5 Å². The predicted octanol–water partition coefficient (Wildman–Crippen LogP) is 2.91. The molecule has 0 radical (unpaired) electrons. The van der Waals surface area contributed by atoms with Gasteiger partial charge in [-0.1, -0.05) is 29.8 Å². The minimum Gasteiger partial charge on any atom is -0.448 e. The topological polar surface area (TPSA) is 42.1 Å². The number of ether oxygens (including phenoxy) is 1. The highest BCUT2D eigenvalue weighted by Gasteiger charge is 1.87. The number of carbonyl (C=O) groups is 1. The van der Waals surface area contributed by atoms with Crippen LogP contribution < -0.4 is 0 Å². The Hall–Kier alpha value is -1.48. The van der Waals surface area contributed by atoms with Gasteiger partial charge in [-0.3, -0.25) is 4.79 Å². The number of alkyl halides is 1. The molecule has 0 saturated carbocycles. The van der Waals surface area contributed by atoms with Crippen molar-refractivity contribution < 1.29 is 9.53 Å². The maximum absolute atomic E-state index is 9.31. The maximum Gasteiger partial charge on any atom is 0.294 e. The highest BCUT2D eigenvalue weighted by molar-refractivity contribution is 6.19. The van der Waals surface area contributed by atoms with Crippen LogP contribution in [-0.4, -0.2) is 17.0 Å². The van der Waals surface area contributed by atoms with Gasteiger partial charge in [0.25, 0.3) is 6.47 Å². The molecule has 3 nitrogen and oxygen atoms in total. The summed E-state index contributed by atoms with van der Waals surface area (Å²) in [5.41, 5.74) is 0.708. The number of H-pyrrole nitrogens is 1. The van der Waals surface area contributed by atoms with Gasteiger partial charge in [-0.05, 0) is 24.4 Å². The van der Waals surface area contributed by atoms with Gasteiger partial charge >= 0.3 is 0 Å². The summed E-state index contributed by atoms with van der Waals surface area (Å²) < 4.78 is 4.13. The van der Waals surface area contributed by atoms with E-state index in [0.717, 1.165) is 0 Å². The second kappa shape index (κ2) is 6.09. The number of fused-ring (bicyclic) bond motifs is 1. The normalized spacial score (nSPS) is 11.3. The van der Waals surface area contributed by atoms with Crippen LogP contribution in [0.15, 0.2) is 36.5 Å². The fraction of sp³-hybridized carbons (Fsp3) is 0.182. The number of para-hydroxylation sites is 1. The van der Waals surface area contributed by atoms with Crippen molar-refractivity contribution in [3.63, 3.8) is 0 Å². The molecule has 4 heteroatoms. The van der Waals surface area contributed by atoms with Crippen LogP contribution in [0.1, 0.15) is 6.92 Å². The van der Waals surface area contributed by atoms with E-state index in [9.17, 15) is 4.79 Å². The Balaban J connectivity index is 0.000000167. The summed E-state index contributed by atoms with van der Waals surface area (Å²) in [6, 6.07) is 10.3. The lowest BCUT2D eigenvalue weighted by Crippen LogP contribution is -1.94. The Morgan fingerprint density at radius 3 is 2.67 bits per heavy atom. The summed E-state index contributed by atoms with van der Waals surface area (Å²) in [5.74, 6) is 0. The first-order chi connectivity index (χ1) is 7.24. The molecule has 1 unspecified atom stereocenters. The average molecular weight is 226 g/mol. The van der Waals surface area contributed by atoms with Crippen LogP contribution in [0.2, 0.25) is 0 Å². The van der Waals surface area contributed by atoms with Gasteiger partial charge in [-0.15, -0.1) is 0 Å². The number of aromatic amines is 1. The van der Waals surface area contributed by atoms with Gasteiger partial charge in [0, 0.05) is 11.7 Å². The van der Waals surface area contributed by atoms with E-state index in [1.165, 1.54) is 10.9 Å². The molecular weight excluding hydrogens is 214 g/mol. The number of hydrogen-bond acceptors (Lipinski definition) is 2. The third-order valence-corrected chi connectivity index (χ3v) is 1.81. The van der Waals surface area contributed by atoms with Crippen LogP contribution in [0, 0.1) is 0 Å². The third-order valence-electron chi connectivity index (χ3n) is 1.71. The molecule has 1 heterocycles. The van der Waals surface area contributed by atoms with Crippen LogP contribution in [0.3, 0.4) is 0 Å². The fourth-order valence-electron chi connectivity index (χ4n) is 1.07. The van der Waals surface area contributed by atoms with E-state index in [-0.39, 0.29) is 0 Å². The van der Waals surface area contributed by atoms with Gasteiger partial charge in [0.15, 0.2) is 5.56 Å². The molecule has 0 bridgehead atoms. The van der Waals surface area contributed by atoms with E-state index in [4.69, 9.17) is 11.6 Å². The highest BCUT2D eigenvalue weighted by Crippen LogP contribution is 2.09. The van der Waals surface area contributed by atoms with Gasteiger partial charge in [0.05, 0.1) is 0 Å². The molecule has 0 aliphatic heterocycles. The van der Waals surface area contributed by atoms with Crippen LogP contribution in [0.5, 0.6) is 0 Å². The minimum atomic E-state index is -0.498. The highest BCUT2D eigenvalue weighted by atomic mass is 35.5. The Labute approximate surface area is 93.0 Å². The molecular formula is C11H12ClNO2. The zero-order valence-electron chi connectivity index (χ0n) is 8.31. The van der Waals surface area contributed by atoms with Gasteiger partial charge < -0.3 is 9.72 Å². The van der Waals surface area contributed by atoms with Gasteiger partial charge in [-0.2, -0.15) is 0 Å². The molecule has 80 valence electrons. The zero-order chi connectivity index (χ0) is 11.1. The molecule has 15 heavy (non-hydrogen) atoms. The summed E-state index contributed by atoms with van der Waals surface area (Å²) >= 11 is 5.12. The summed E-state index contributed by atoms with van der Waals surface area (Å²) in [6.45, 7) is 1.88. The lowest BCUT2D eigenvalue weighted by Gasteiger charge is -1.93. The lowest BCUT2D eigenvalue weighted by molar-refractivity contribution is -0.129. The van der Waals surface area contributed by atoms with Crippen molar-refractivity contribution in [3.05, 3.63) is 36.5 Å². The zero-order valence-corrected chi connectivity index (χ0v) is 9.07. The molecule has 1 atom stereocenters. The molecule has 1 N–H and O–H groups in total. The van der Waals surface area contributed by atoms with Crippen LogP contribution in [-0.2, 0) is 9.53 Å². The third kappa shape index (κ3) is 4.04. The second-order valence-electron chi connectivity index (χ2n) is 2.84. The van der Waals surface area contributed by atoms with Crippen molar-refractivity contribution in [3.8, 4) is 0 Å². The van der Waals surface area contributed by atoms with E-state index in [2.05, 4.69) is 27.9 Å². The first kappa shape index (κ1) is 11.6. The number of benzene rings is 1. The number of carbonyl (C=O) groups excluding carboxylic acids is 1. The Kier molecular flexibility index (Phi) is 4.71. The molecule has 0 amide bonds. The lowest BCUT2D eigenvalue weighted by atomic mass is 10.3. The average Bonchev–Trinajstić information content (AvgIpc) is 2.65. The van der Waals surface area contributed by atoms with Crippen LogP contribution in [0.4, 0.5) is 0 Å². The van der Waals surface area contributed by atoms with Gasteiger partial charge in [0.1, 0.15) is 0 Å². The number of hydrogen-bond donors (Lipinski definition) is 1. The van der Waals surface area contributed by atoms with Crippen molar-refractivity contribution in [2.24, 2.45) is 0 Å². The Bertz CT molecular complexity index is 381. The standard InChI is InChI=1S/C8H7N.C3H5ClO2/c1-2-4-8-7(3-1)5-6-9-8;1-3(4)6-2-5/h1-6,9H;2-3H,1H3. The number of halogens is 1. The molecule has 0 saturated heterocycles. The first-order valence-electron chi connectivity index (χ1n) is 4.49. The second-order valence-corrected chi connectivity index (χ2v) is 3.45. The molecule has 2 aromatic rings. The van der Waals surface area contributed by atoms with Gasteiger partial charge in [-0.25, -0.2) is 0 Å². The van der Waals surface area contributed by atoms with E-state index in [0.29, 0.717) is 6.47 Å². The van der Waals surface area contributed by atoms with E-state index in [1.807, 2.05) is 18.3 Å². The molecule has 0 aliphatic rings. The van der Waals surface area contributed by atoms with Crippen molar-refractivity contribution >= 4 is 29.0 Å². The number of nitrogens with one attached hydrogen (secondary N) is 1. The maximum atomic E-state index is 9.31. The van der Waals surface area contributed by atoms with Crippen LogP contribution >= 0.6 is 11.6 Å². The minimum absolute atomic E-state index is 0.317. The Morgan fingerprint density at radius 1 is 1.40 bits per heavy atom. The SMILES string of the molecule is CC(Cl)OC=O.c1ccc2[nH]ccc2c1. The first-order valence-corrected chi connectivity index (χ1v) is 4.93. The molecule has 0 fully saturated rings. The number of rotatable bonds is 2. The molecule has 2 rings (SSSR count). The number of aromatic nitrogens is 1. The van der Waals surface area contributed by atoms with Crippen molar-refractivity contribution in [1.82, 2.24) is 4.98 Å². The summed E-state index contributed by atoms with van der Waals surface area (Å²) in [5, 5.41) is 1.28. The van der Waals surface area contributed by atoms with E-state index in [1.54, 1.807) is 6.92 Å². The van der Waals surface area contributed by atoms with Crippen molar-refractivity contribution in [2.75, 3.05) is 0 Å². The van der Waals surface area contributed by atoms with E-state index >= 15 is 0 Å². The largest absolute Gasteiger partial charge is 0.448 e. The summed E-state index contributed by atoms with van der Waals surface area (Å²) in [4.78, 5) is 12.4. The summed E-state index contributed by atoms with van der Waals surface area (Å²) in [7, 11) is 0. The van der Waals surface area contributed by atoms with E-state index < -0.39 is 5.56 Å². The predicted molar refractivity (Wildman–Crippen MR) is 60.8 cm³/mol. The van der Waals surface area contributed by atoms with Crippen LogP contribution in [0.25, 0.3) is 10.9 Å². The summed E-state index contributed by atoms with van der Waals surface area (Å²) in [6.07, 6.45) is 1.95. The van der Waals surface area contributed by atoms with Crippen molar-refractivity contribution in [1.29, 1.82) is 0 Å². The smallest absolute Gasteiger partial charge is 0.294 e. The molecule has 1 aromatic carbocycles. The molecule has 0 spiro atoms. The Morgan fingerprint density at radius 2 is 2.13 bits per heavy atom. The fourth-order valence-corrected chi connectivity index (χ4v) is 1.11. The monoisotopic (exact) mass is 225 g/mol. The van der Waals surface area contributed by atoms with Gasteiger partial charge in [0.2, 0.25) is 0 Å². The quantitative estimate of drug-likeness (QED) is 0.631. The molecule has 0 aliphatic carbocycles. The molecule has 1 aromatic heterocycles.